The van der Waals surface area contributed by atoms with Gasteiger partial charge < -0.3 is 0 Å². The molecule has 0 radical (unpaired) electrons. The number of halogens is 1. The van der Waals surface area contributed by atoms with Crippen LogP contribution in [0.5, 0.6) is 0 Å². The maximum Gasteiger partial charge on any atom is 0.340 e. The number of urea groups is 1. The quantitative estimate of drug-likeness (QED) is 0.561. The SMILES string of the molecule is CC(Br)C(=O)NNC(=O)NC(=O)c1ccccc1. The van der Waals surface area contributed by atoms with Crippen LogP contribution in [0.3, 0.4) is 0 Å². The molecule has 1 rings (SSSR count). The highest BCUT2D eigenvalue weighted by molar-refractivity contribution is 9.10. The fourth-order valence-corrected chi connectivity index (χ4v) is 1.13. The molecule has 0 spiro atoms. The fraction of sp³-hybridized carbons (Fsp3) is 0.182. The predicted octanol–water partition coefficient (Wildman–Crippen LogP) is 0.941. The van der Waals surface area contributed by atoms with Crippen molar-refractivity contribution in [1.82, 2.24) is 16.2 Å². The summed E-state index contributed by atoms with van der Waals surface area (Å²) in [5.41, 5.74) is 4.56. The molecule has 0 aromatic heterocycles. The minimum atomic E-state index is -0.801. The van der Waals surface area contributed by atoms with E-state index in [9.17, 15) is 14.4 Å². The van der Waals surface area contributed by atoms with Crippen molar-refractivity contribution in [3.05, 3.63) is 35.9 Å². The lowest BCUT2D eigenvalue weighted by Gasteiger charge is -2.09. The first-order chi connectivity index (χ1) is 8.50. The van der Waals surface area contributed by atoms with Crippen LogP contribution < -0.4 is 16.2 Å². The number of hydrazine groups is 1. The molecule has 0 saturated carbocycles. The third-order valence-electron chi connectivity index (χ3n) is 1.92. The van der Waals surface area contributed by atoms with Crippen molar-refractivity contribution in [1.29, 1.82) is 0 Å². The van der Waals surface area contributed by atoms with Crippen molar-refractivity contribution in [3.63, 3.8) is 0 Å². The molecule has 4 amide bonds. The Kier molecular flexibility index (Phi) is 5.31. The second kappa shape index (κ2) is 6.75. The molecule has 0 aliphatic carbocycles. The van der Waals surface area contributed by atoms with Crippen LogP contribution in [-0.2, 0) is 4.79 Å². The fourth-order valence-electron chi connectivity index (χ4n) is 1.01. The molecule has 18 heavy (non-hydrogen) atoms. The van der Waals surface area contributed by atoms with Gasteiger partial charge >= 0.3 is 6.03 Å². The molecule has 1 unspecified atom stereocenters. The van der Waals surface area contributed by atoms with Gasteiger partial charge in [-0.25, -0.2) is 10.2 Å². The highest BCUT2D eigenvalue weighted by Gasteiger charge is 2.12. The van der Waals surface area contributed by atoms with E-state index in [1.165, 1.54) is 0 Å². The molecule has 0 saturated heterocycles. The van der Waals surface area contributed by atoms with Crippen LogP contribution >= 0.6 is 15.9 Å². The van der Waals surface area contributed by atoms with Crippen molar-refractivity contribution < 1.29 is 14.4 Å². The summed E-state index contributed by atoms with van der Waals surface area (Å²) >= 11 is 3.03. The van der Waals surface area contributed by atoms with E-state index in [1.807, 2.05) is 0 Å². The lowest BCUT2D eigenvalue weighted by atomic mass is 10.2. The maximum absolute atomic E-state index is 11.5. The average Bonchev–Trinajstić information content (AvgIpc) is 2.36. The van der Waals surface area contributed by atoms with E-state index in [4.69, 9.17) is 0 Å². The smallest absolute Gasteiger partial charge is 0.273 e. The van der Waals surface area contributed by atoms with E-state index in [-0.39, 0.29) is 0 Å². The van der Waals surface area contributed by atoms with Crippen LogP contribution in [-0.4, -0.2) is 22.7 Å². The Morgan fingerprint density at radius 3 is 2.28 bits per heavy atom. The summed E-state index contributed by atoms with van der Waals surface area (Å²) < 4.78 is 0. The number of hydrogen-bond donors (Lipinski definition) is 3. The summed E-state index contributed by atoms with van der Waals surface area (Å²) in [6.45, 7) is 1.60. The van der Waals surface area contributed by atoms with Gasteiger partial charge in [-0.2, -0.15) is 0 Å². The van der Waals surface area contributed by atoms with Crippen LogP contribution in [0, 0.1) is 0 Å². The van der Waals surface area contributed by atoms with Crippen LogP contribution in [0.4, 0.5) is 4.79 Å². The molecular formula is C11H12BrN3O3. The summed E-state index contributed by atoms with van der Waals surface area (Å²) in [4.78, 5) is 33.5. The summed E-state index contributed by atoms with van der Waals surface area (Å²) in [5, 5.41) is 2.07. The molecule has 1 atom stereocenters. The van der Waals surface area contributed by atoms with Crippen molar-refractivity contribution in [2.45, 2.75) is 11.8 Å². The second-order valence-electron chi connectivity index (χ2n) is 3.38. The second-order valence-corrected chi connectivity index (χ2v) is 4.75. The summed E-state index contributed by atoms with van der Waals surface area (Å²) in [6.07, 6.45) is 0. The molecule has 3 N–H and O–H groups in total. The first-order valence-electron chi connectivity index (χ1n) is 5.11. The van der Waals surface area contributed by atoms with Crippen molar-refractivity contribution >= 4 is 33.8 Å². The molecule has 6 nitrogen and oxygen atoms in total. The zero-order valence-electron chi connectivity index (χ0n) is 9.57. The molecule has 0 bridgehead atoms. The average molecular weight is 314 g/mol. The van der Waals surface area contributed by atoms with Crippen LogP contribution in [0.2, 0.25) is 0 Å². The zero-order valence-corrected chi connectivity index (χ0v) is 11.2. The largest absolute Gasteiger partial charge is 0.340 e. The van der Waals surface area contributed by atoms with Gasteiger partial charge in [0.2, 0.25) is 0 Å². The Morgan fingerprint density at radius 1 is 1.11 bits per heavy atom. The number of nitrogens with one attached hydrogen (secondary N) is 3. The van der Waals surface area contributed by atoms with Crippen molar-refractivity contribution in [3.8, 4) is 0 Å². The number of hydrogen-bond acceptors (Lipinski definition) is 3. The third-order valence-corrected chi connectivity index (χ3v) is 2.34. The number of rotatable bonds is 2. The van der Waals surface area contributed by atoms with E-state index in [0.29, 0.717) is 5.56 Å². The van der Waals surface area contributed by atoms with E-state index >= 15 is 0 Å². The van der Waals surface area contributed by atoms with E-state index in [2.05, 4.69) is 32.1 Å². The standard InChI is InChI=1S/C11H12BrN3O3/c1-7(12)9(16)14-15-11(18)13-10(17)8-5-3-2-4-6-8/h2-7H,1H3,(H,14,16)(H2,13,15,17,18). The number of amides is 4. The van der Waals surface area contributed by atoms with Gasteiger partial charge in [0, 0.05) is 5.56 Å². The third kappa shape index (κ3) is 4.54. The normalized spacial score (nSPS) is 11.2. The Hall–Kier alpha value is -1.89. The van der Waals surface area contributed by atoms with Gasteiger partial charge in [0.15, 0.2) is 0 Å². The molecule has 0 aliphatic heterocycles. The highest BCUT2D eigenvalue weighted by atomic mass is 79.9. The van der Waals surface area contributed by atoms with E-state index < -0.39 is 22.7 Å². The first kappa shape index (κ1) is 14.2. The number of carbonyl (C=O) groups is 3. The van der Waals surface area contributed by atoms with Crippen LogP contribution in [0.1, 0.15) is 17.3 Å². The van der Waals surface area contributed by atoms with Gasteiger partial charge in [0.1, 0.15) is 0 Å². The van der Waals surface area contributed by atoms with E-state index in [1.54, 1.807) is 37.3 Å². The molecule has 0 aliphatic rings. The summed E-state index contributed by atoms with van der Waals surface area (Å²) in [6, 6.07) is 7.46. The highest BCUT2D eigenvalue weighted by Crippen LogP contribution is 1.97. The number of benzene rings is 1. The molecule has 0 heterocycles. The van der Waals surface area contributed by atoms with E-state index in [0.717, 1.165) is 0 Å². The van der Waals surface area contributed by atoms with Gasteiger partial charge in [-0.1, -0.05) is 34.1 Å². The Morgan fingerprint density at radius 2 is 1.72 bits per heavy atom. The van der Waals surface area contributed by atoms with Gasteiger partial charge in [-0.15, -0.1) is 0 Å². The molecule has 1 aromatic carbocycles. The molecule has 1 aromatic rings. The number of imide groups is 1. The van der Waals surface area contributed by atoms with Crippen molar-refractivity contribution in [2.75, 3.05) is 0 Å². The molecule has 96 valence electrons. The van der Waals surface area contributed by atoms with Gasteiger partial charge in [-0.05, 0) is 19.1 Å². The van der Waals surface area contributed by atoms with Gasteiger partial charge in [0.05, 0.1) is 4.83 Å². The Labute approximate surface area is 112 Å². The topological polar surface area (TPSA) is 87.3 Å². The number of alkyl halides is 1. The lowest BCUT2D eigenvalue weighted by Crippen LogP contribution is -2.50. The Balaban J connectivity index is 2.42. The van der Waals surface area contributed by atoms with Crippen LogP contribution in [0.25, 0.3) is 0 Å². The molecule has 0 fully saturated rings. The monoisotopic (exact) mass is 313 g/mol. The first-order valence-corrected chi connectivity index (χ1v) is 6.02. The molecule has 7 heteroatoms. The zero-order chi connectivity index (χ0) is 13.5. The lowest BCUT2D eigenvalue weighted by molar-refractivity contribution is -0.120. The summed E-state index contributed by atoms with van der Waals surface area (Å²) in [7, 11) is 0. The van der Waals surface area contributed by atoms with Crippen molar-refractivity contribution in [2.24, 2.45) is 0 Å². The van der Waals surface area contributed by atoms with Crippen LogP contribution in [0.15, 0.2) is 30.3 Å². The Bertz CT molecular complexity index is 448. The minimum Gasteiger partial charge on any atom is -0.273 e. The summed E-state index contributed by atoms with van der Waals surface area (Å²) in [5.74, 6) is -0.966. The molecular weight excluding hydrogens is 302 g/mol. The van der Waals surface area contributed by atoms with Gasteiger partial charge in [-0.3, -0.25) is 20.3 Å². The van der Waals surface area contributed by atoms with Gasteiger partial charge in [0.25, 0.3) is 11.8 Å². The maximum atomic E-state index is 11.5. The number of carbonyl (C=O) groups excluding carboxylic acids is 3. The predicted molar refractivity (Wildman–Crippen MR) is 69.0 cm³/mol. The minimum absolute atomic E-state index is 0.354.